The van der Waals surface area contributed by atoms with Crippen molar-refractivity contribution in [3.63, 3.8) is 0 Å². The molecule has 0 aliphatic carbocycles. The van der Waals surface area contributed by atoms with Crippen LogP contribution in [0.4, 0.5) is 0 Å². The number of phenolic OH excluding ortho intramolecular Hbond substituents is 1. The predicted molar refractivity (Wildman–Crippen MR) is 39.1 cm³/mol. The molecule has 0 saturated heterocycles. The van der Waals surface area contributed by atoms with E-state index in [-0.39, 0.29) is 5.75 Å². The summed E-state index contributed by atoms with van der Waals surface area (Å²) in [5, 5.41) is 9.21. The van der Waals surface area contributed by atoms with Gasteiger partial charge in [-0.25, -0.2) is 0 Å². The molecule has 0 radical (unpaired) electrons. The van der Waals surface area contributed by atoms with Crippen LogP contribution in [0.25, 0.3) is 0 Å². The van der Waals surface area contributed by atoms with Gasteiger partial charge >= 0.3 is 0 Å². The van der Waals surface area contributed by atoms with Crippen molar-refractivity contribution in [2.24, 2.45) is 0 Å². The van der Waals surface area contributed by atoms with Crippen LogP contribution in [0, 0.1) is 0 Å². The topological polar surface area (TPSA) is 60.7 Å². The van der Waals surface area contributed by atoms with Crippen molar-refractivity contribution in [1.82, 2.24) is 0 Å². The molecule has 1 aromatic carbocycles. The highest BCUT2D eigenvalue weighted by Crippen LogP contribution is 2.23. The molecule has 54 valence electrons. The molecule has 0 saturated carbocycles. The minimum atomic E-state index is -2.07. The molecule has 1 rings (SSSR count). The third-order valence-corrected chi connectivity index (χ3v) is 1.80. The molecular formula is C6H7O3P. The van der Waals surface area contributed by atoms with Crippen molar-refractivity contribution in [3.05, 3.63) is 24.3 Å². The second kappa shape index (κ2) is 2.97. The fraction of sp³-hybridized carbons (Fsp3) is 0. The van der Waals surface area contributed by atoms with Crippen LogP contribution in [0.3, 0.4) is 0 Å². The van der Waals surface area contributed by atoms with E-state index in [0.717, 1.165) is 0 Å². The molecule has 3 nitrogen and oxygen atoms in total. The summed E-state index contributed by atoms with van der Waals surface area (Å²) in [6, 6.07) is 5.91. The Balaban J connectivity index is 2.96. The van der Waals surface area contributed by atoms with Gasteiger partial charge in [0, 0.05) is 5.30 Å². The maximum Gasteiger partial charge on any atom is 0.199 e. The average Bonchev–Trinajstić information content (AvgIpc) is 1.88. The first-order chi connectivity index (χ1) is 4.70. The molecule has 0 heterocycles. The zero-order valence-corrected chi connectivity index (χ0v) is 5.99. The number of hydrogen-bond acceptors (Lipinski definition) is 3. The lowest BCUT2D eigenvalue weighted by molar-refractivity contribution is 0.474. The Bertz CT molecular complexity index is 224. The maximum absolute atomic E-state index is 8.85. The van der Waals surface area contributed by atoms with E-state index >= 15 is 0 Å². The third kappa shape index (κ3) is 1.67. The lowest BCUT2D eigenvalue weighted by Gasteiger charge is -2.00. The molecule has 3 N–H and O–H groups in total. The van der Waals surface area contributed by atoms with Crippen molar-refractivity contribution < 1.29 is 14.9 Å². The van der Waals surface area contributed by atoms with Crippen molar-refractivity contribution in [3.8, 4) is 5.75 Å². The van der Waals surface area contributed by atoms with E-state index in [1.807, 2.05) is 0 Å². The molecule has 4 heteroatoms. The predicted octanol–water partition coefficient (Wildman–Crippen LogP) is 0.314. The SMILES string of the molecule is Oc1cccc(P(O)O)c1. The smallest absolute Gasteiger partial charge is 0.199 e. The Morgan fingerprint density at radius 3 is 2.30 bits per heavy atom. The summed E-state index contributed by atoms with van der Waals surface area (Å²) < 4.78 is 0. The van der Waals surface area contributed by atoms with Gasteiger partial charge < -0.3 is 14.9 Å². The Labute approximate surface area is 59.5 Å². The largest absolute Gasteiger partial charge is 0.508 e. The monoisotopic (exact) mass is 158 g/mol. The molecule has 0 aliphatic heterocycles. The van der Waals surface area contributed by atoms with Gasteiger partial charge in [-0.15, -0.1) is 0 Å². The average molecular weight is 158 g/mol. The summed E-state index contributed by atoms with van der Waals surface area (Å²) in [7, 11) is -2.07. The van der Waals surface area contributed by atoms with Crippen LogP contribution in [0.15, 0.2) is 24.3 Å². The second-order valence-electron chi connectivity index (χ2n) is 1.81. The standard InChI is InChI=1S/C6H7O3P/c7-5-2-1-3-6(4-5)10(8)9/h1-4,7-9H. The lowest BCUT2D eigenvalue weighted by Crippen LogP contribution is -1.97. The van der Waals surface area contributed by atoms with Crippen molar-refractivity contribution >= 4 is 13.7 Å². The summed E-state index contributed by atoms with van der Waals surface area (Å²) in [6.07, 6.45) is 0. The van der Waals surface area contributed by atoms with Gasteiger partial charge in [-0.05, 0) is 18.2 Å². The number of rotatable bonds is 1. The van der Waals surface area contributed by atoms with Crippen molar-refractivity contribution in [2.75, 3.05) is 0 Å². The molecule has 1 aromatic rings. The van der Waals surface area contributed by atoms with Crippen LogP contribution < -0.4 is 5.30 Å². The molecule has 0 fully saturated rings. The van der Waals surface area contributed by atoms with Gasteiger partial charge in [0.15, 0.2) is 8.38 Å². The van der Waals surface area contributed by atoms with Gasteiger partial charge in [-0.1, -0.05) is 6.07 Å². The molecule has 0 atom stereocenters. The lowest BCUT2D eigenvalue weighted by atomic mass is 10.3. The van der Waals surface area contributed by atoms with Crippen LogP contribution in [-0.2, 0) is 0 Å². The molecule has 0 bridgehead atoms. The van der Waals surface area contributed by atoms with Crippen LogP contribution >= 0.6 is 8.38 Å². The Hall–Kier alpha value is -0.630. The third-order valence-electron chi connectivity index (χ3n) is 1.06. The van der Waals surface area contributed by atoms with E-state index in [4.69, 9.17) is 14.9 Å². The van der Waals surface area contributed by atoms with Gasteiger partial charge in [0.05, 0.1) is 0 Å². The van der Waals surface area contributed by atoms with E-state index in [2.05, 4.69) is 0 Å². The fourth-order valence-corrected chi connectivity index (χ4v) is 1.08. The van der Waals surface area contributed by atoms with Gasteiger partial charge in [0.2, 0.25) is 0 Å². The highest BCUT2D eigenvalue weighted by atomic mass is 31.2. The normalized spacial score (nSPS) is 10.3. The summed E-state index contributed by atoms with van der Waals surface area (Å²) >= 11 is 0. The fourth-order valence-electron chi connectivity index (χ4n) is 0.617. The summed E-state index contributed by atoms with van der Waals surface area (Å²) in [4.78, 5) is 17.3. The number of phenols is 1. The van der Waals surface area contributed by atoms with Gasteiger partial charge in [-0.3, -0.25) is 0 Å². The van der Waals surface area contributed by atoms with Crippen LogP contribution in [0.2, 0.25) is 0 Å². The summed E-state index contributed by atoms with van der Waals surface area (Å²) in [5.41, 5.74) is 0. The molecule has 0 aliphatic rings. The number of hydrogen-bond donors (Lipinski definition) is 3. The molecule has 0 unspecified atom stereocenters. The van der Waals surface area contributed by atoms with Gasteiger partial charge in [-0.2, -0.15) is 0 Å². The zero-order valence-electron chi connectivity index (χ0n) is 5.10. The van der Waals surface area contributed by atoms with Crippen LogP contribution in [0.5, 0.6) is 5.75 Å². The Morgan fingerprint density at radius 2 is 1.90 bits per heavy atom. The first-order valence-electron chi connectivity index (χ1n) is 2.67. The van der Waals surface area contributed by atoms with Crippen LogP contribution in [-0.4, -0.2) is 14.9 Å². The highest BCUT2D eigenvalue weighted by Gasteiger charge is 2.02. The van der Waals surface area contributed by atoms with Gasteiger partial charge in [0.1, 0.15) is 5.75 Å². The molecule has 0 spiro atoms. The van der Waals surface area contributed by atoms with E-state index in [9.17, 15) is 0 Å². The second-order valence-corrected chi connectivity index (χ2v) is 2.90. The Morgan fingerprint density at radius 1 is 1.20 bits per heavy atom. The maximum atomic E-state index is 8.85. The molecule has 0 aromatic heterocycles. The van der Waals surface area contributed by atoms with Gasteiger partial charge in [0.25, 0.3) is 0 Å². The highest BCUT2D eigenvalue weighted by molar-refractivity contribution is 7.54. The van der Waals surface area contributed by atoms with E-state index in [1.165, 1.54) is 12.1 Å². The van der Waals surface area contributed by atoms with Crippen molar-refractivity contribution in [2.45, 2.75) is 0 Å². The molecule has 10 heavy (non-hydrogen) atoms. The first kappa shape index (κ1) is 7.48. The zero-order chi connectivity index (χ0) is 7.56. The van der Waals surface area contributed by atoms with E-state index in [1.54, 1.807) is 12.1 Å². The van der Waals surface area contributed by atoms with Crippen LogP contribution in [0.1, 0.15) is 0 Å². The van der Waals surface area contributed by atoms with E-state index in [0.29, 0.717) is 5.30 Å². The molecular weight excluding hydrogens is 151 g/mol. The first-order valence-corrected chi connectivity index (χ1v) is 3.92. The minimum Gasteiger partial charge on any atom is -0.508 e. The quantitative estimate of drug-likeness (QED) is 0.515. The minimum absolute atomic E-state index is 0.0492. The number of benzene rings is 1. The summed E-state index contributed by atoms with van der Waals surface area (Å²) in [5.74, 6) is 0.0492. The summed E-state index contributed by atoms with van der Waals surface area (Å²) in [6.45, 7) is 0. The van der Waals surface area contributed by atoms with Crippen molar-refractivity contribution in [1.29, 1.82) is 0 Å². The Kier molecular flexibility index (Phi) is 2.22. The molecule has 0 amide bonds. The van der Waals surface area contributed by atoms with E-state index < -0.39 is 8.38 Å². The number of aromatic hydroxyl groups is 1.